The molecular formula is C27H32N4O2. The summed E-state index contributed by atoms with van der Waals surface area (Å²) in [7, 11) is 1.80. The molecule has 2 heterocycles. The van der Waals surface area contributed by atoms with Crippen molar-refractivity contribution in [2.75, 3.05) is 19.6 Å². The molecule has 1 saturated heterocycles. The van der Waals surface area contributed by atoms with Crippen molar-refractivity contribution < 1.29 is 9.59 Å². The van der Waals surface area contributed by atoms with Gasteiger partial charge in [-0.25, -0.2) is 0 Å². The van der Waals surface area contributed by atoms with Gasteiger partial charge in [0.1, 0.15) is 5.69 Å². The van der Waals surface area contributed by atoms with Gasteiger partial charge in [0.05, 0.1) is 11.6 Å². The Hall–Kier alpha value is -3.41. The summed E-state index contributed by atoms with van der Waals surface area (Å²) in [5.74, 6) is -0.413. The van der Waals surface area contributed by atoms with Crippen LogP contribution in [0.2, 0.25) is 0 Å². The third-order valence-electron chi connectivity index (χ3n) is 6.22. The average Bonchev–Trinajstić information content (AvgIpc) is 3.10. The summed E-state index contributed by atoms with van der Waals surface area (Å²) in [6.07, 6.45) is 0.569. The monoisotopic (exact) mass is 444 g/mol. The quantitative estimate of drug-likeness (QED) is 0.665. The van der Waals surface area contributed by atoms with Crippen molar-refractivity contribution in [1.29, 1.82) is 0 Å². The summed E-state index contributed by atoms with van der Waals surface area (Å²) >= 11 is 0. The number of hydrogen-bond acceptors (Lipinski definition) is 3. The third kappa shape index (κ3) is 5.00. The summed E-state index contributed by atoms with van der Waals surface area (Å²) in [4.78, 5) is 28.1. The molecule has 0 spiro atoms. The van der Waals surface area contributed by atoms with E-state index in [1.807, 2.05) is 36.4 Å². The summed E-state index contributed by atoms with van der Waals surface area (Å²) in [5.41, 5.74) is 4.64. The first kappa shape index (κ1) is 22.8. The lowest BCUT2D eigenvalue weighted by molar-refractivity contribution is -0.124. The molecule has 33 heavy (non-hydrogen) atoms. The van der Waals surface area contributed by atoms with E-state index < -0.39 is 0 Å². The zero-order valence-electron chi connectivity index (χ0n) is 19.8. The van der Waals surface area contributed by atoms with E-state index >= 15 is 0 Å². The fourth-order valence-electron chi connectivity index (χ4n) is 4.30. The van der Waals surface area contributed by atoms with Gasteiger partial charge in [0.25, 0.3) is 5.91 Å². The van der Waals surface area contributed by atoms with Crippen LogP contribution in [0.15, 0.2) is 60.7 Å². The van der Waals surface area contributed by atoms with Gasteiger partial charge in [-0.15, -0.1) is 0 Å². The van der Waals surface area contributed by atoms with Crippen LogP contribution in [0.4, 0.5) is 0 Å². The van der Waals surface area contributed by atoms with Crippen LogP contribution in [0.3, 0.4) is 0 Å². The second-order valence-corrected chi connectivity index (χ2v) is 9.75. The van der Waals surface area contributed by atoms with E-state index in [9.17, 15) is 9.59 Å². The van der Waals surface area contributed by atoms with Gasteiger partial charge in [0.15, 0.2) is 0 Å². The average molecular weight is 445 g/mol. The first-order valence-corrected chi connectivity index (χ1v) is 11.5. The summed E-state index contributed by atoms with van der Waals surface area (Å²) < 4.78 is 1.66. The number of nitrogens with zero attached hydrogens (tertiary/aromatic N) is 3. The predicted octanol–water partition coefficient (Wildman–Crippen LogP) is 3.82. The van der Waals surface area contributed by atoms with Gasteiger partial charge in [-0.2, -0.15) is 5.10 Å². The number of carbonyl (C=O) groups is 2. The number of aryl methyl sites for hydroxylation is 1. The lowest BCUT2D eigenvalue weighted by Crippen LogP contribution is -2.38. The third-order valence-corrected chi connectivity index (χ3v) is 6.22. The van der Waals surface area contributed by atoms with Crippen LogP contribution in [0, 0.1) is 5.92 Å². The Morgan fingerprint density at radius 3 is 2.48 bits per heavy atom. The summed E-state index contributed by atoms with van der Waals surface area (Å²) in [6, 6.07) is 20.3. The van der Waals surface area contributed by atoms with Crippen LogP contribution >= 0.6 is 0 Å². The number of hydrogen-bond donors (Lipinski definition) is 1. The fraction of sp³-hybridized carbons (Fsp3) is 0.370. The highest BCUT2D eigenvalue weighted by atomic mass is 16.2. The highest BCUT2D eigenvalue weighted by Crippen LogP contribution is 2.27. The Morgan fingerprint density at radius 1 is 1.09 bits per heavy atom. The number of nitrogens with one attached hydrogen (secondary N) is 1. The smallest absolute Gasteiger partial charge is 0.272 e. The maximum atomic E-state index is 13.4. The maximum absolute atomic E-state index is 13.4. The van der Waals surface area contributed by atoms with E-state index in [1.54, 1.807) is 16.6 Å². The molecule has 0 bridgehead atoms. The molecule has 0 unspecified atom stereocenters. The van der Waals surface area contributed by atoms with Crippen molar-refractivity contribution >= 4 is 11.8 Å². The van der Waals surface area contributed by atoms with Crippen LogP contribution in [-0.2, 0) is 23.7 Å². The highest BCUT2D eigenvalue weighted by molar-refractivity contribution is 5.93. The van der Waals surface area contributed by atoms with Crippen LogP contribution in [-0.4, -0.2) is 46.1 Å². The Morgan fingerprint density at radius 2 is 1.79 bits per heavy atom. The van der Waals surface area contributed by atoms with Crippen LogP contribution in [0.25, 0.3) is 11.1 Å². The maximum Gasteiger partial charge on any atom is 0.272 e. The Kier molecular flexibility index (Phi) is 6.36. The van der Waals surface area contributed by atoms with Crippen molar-refractivity contribution in [2.45, 2.75) is 32.6 Å². The van der Waals surface area contributed by atoms with E-state index in [0.717, 1.165) is 22.4 Å². The second-order valence-electron chi connectivity index (χ2n) is 9.75. The molecule has 0 aliphatic carbocycles. The molecule has 1 aromatic heterocycles. The topological polar surface area (TPSA) is 67.2 Å². The van der Waals surface area contributed by atoms with Gasteiger partial charge in [-0.3, -0.25) is 14.3 Å². The van der Waals surface area contributed by atoms with Gasteiger partial charge in [-0.1, -0.05) is 75.4 Å². The van der Waals surface area contributed by atoms with Gasteiger partial charge < -0.3 is 10.2 Å². The van der Waals surface area contributed by atoms with Crippen molar-refractivity contribution in [2.24, 2.45) is 13.0 Å². The SMILES string of the molecule is Cn1nc(C(C)(C)C)cc1C(=O)N1CCNC(=O)[C@@H](Cc2ccccc2-c2ccccc2)C1. The zero-order valence-corrected chi connectivity index (χ0v) is 19.8. The number of amides is 2. The lowest BCUT2D eigenvalue weighted by atomic mass is 9.91. The fourth-order valence-corrected chi connectivity index (χ4v) is 4.30. The van der Waals surface area contributed by atoms with Crippen LogP contribution < -0.4 is 5.32 Å². The molecule has 1 fully saturated rings. The molecule has 0 saturated carbocycles. The largest absolute Gasteiger partial charge is 0.354 e. The normalized spacial score (nSPS) is 16.9. The van der Waals surface area contributed by atoms with E-state index in [2.05, 4.69) is 55.5 Å². The van der Waals surface area contributed by atoms with Crippen LogP contribution in [0.1, 0.15) is 42.5 Å². The van der Waals surface area contributed by atoms with E-state index in [0.29, 0.717) is 31.7 Å². The Labute approximate surface area is 195 Å². The minimum Gasteiger partial charge on any atom is -0.354 e. The molecule has 1 atom stereocenters. The van der Waals surface area contributed by atoms with E-state index in [-0.39, 0.29) is 23.1 Å². The molecule has 4 rings (SSSR count). The van der Waals surface area contributed by atoms with Gasteiger partial charge >= 0.3 is 0 Å². The molecule has 3 aromatic rings. The number of benzene rings is 2. The second kappa shape index (κ2) is 9.22. The summed E-state index contributed by atoms with van der Waals surface area (Å²) in [6.45, 7) is 7.56. The minimum atomic E-state index is -0.323. The van der Waals surface area contributed by atoms with E-state index in [4.69, 9.17) is 0 Å². The molecule has 1 N–H and O–H groups in total. The molecule has 6 nitrogen and oxygen atoms in total. The predicted molar refractivity (Wildman–Crippen MR) is 130 cm³/mol. The van der Waals surface area contributed by atoms with Crippen molar-refractivity contribution in [3.8, 4) is 11.1 Å². The molecule has 2 aromatic carbocycles. The molecule has 6 heteroatoms. The van der Waals surface area contributed by atoms with Crippen molar-refractivity contribution in [3.63, 3.8) is 0 Å². The standard InChI is InChI=1S/C27H32N4O2/c1-27(2,3)24-17-23(30(4)29-24)26(33)31-15-14-28-25(32)21(18-31)16-20-12-8-9-13-22(20)19-10-6-5-7-11-19/h5-13,17,21H,14-16,18H2,1-4H3,(H,28,32)/t21-/m0/s1. The van der Waals surface area contributed by atoms with Crippen LogP contribution in [0.5, 0.6) is 0 Å². The summed E-state index contributed by atoms with van der Waals surface area (Å²) in [5, 5.41) is 7.55. The molecule has 172 valence electrons. The molecule has 0 radical (unpaired) electrons. The molecular weight excluding hydrogens is 412 g/mol. The minimum absolute atomic E-state index is 0.00597. The highest BCUT2D eigenvalue weighted by Gasteiger charge is 2.31. The van der Waals surface area contributed by atoms with Gasteiger partial charge in [-0.05, 0) is 29.2 Å². The Bertz CT molecular complexity index is 1140. The molecule has 1 aliphatic heterocycles. The molecule has 2 amide bonds. The molecule has 1 aliphatic rings. The first-order chi connectivity index (χ1) is 15.7. The van der Waals surface area contributed by atoms with Crippen molar-refractivity contribution in [3.05, 3.63) is 77.6 Å². The number of aromatic nitrogens is 2. The Balaban J connectivity index is 1.58. The lowest BCUT2D eigenvalue weighted by Gasteiger charge is -2.24. The number of rotatable bonds is 4. The van der Waals surface area contributed by atoms with Crippen molar-refractivity contribution in [1.82, 2.24) is 20.0 Å². The first-order valence-electron chi connectivity index (χ1n) is 11.5. The van der Waals surface area contributed by atoms with E-state index in [1.165, 1.54) is 0 Å². The zero-order chi connectivity index (χ0) is 23.6. The number of carbonyl (C=O) groups excluding carboxylic acids is 2. The van der Waals surface area contributed by atoms with Gasteiger partial charge in [0, 0.05) is 32.1 Å². The van der Waals surface area contributed by atoms with Gasteiger partial charge in [0.2, 0.25) is 5.91 Å².